The van der Waals surface area contributed by atoms with E-state index < -0.39 is 23.3 Å². The van der Waals surface area contributed by atoms with Crippen LogP contribution in [-0.4, -0.2) is 0 Å². The molecule has 30 heavy (non-hydrogen) atoms. The maximum Gasteiger partial charge on any atom is 0.194 e. The minimum Gasteiger partial charge on any atom is -0.206 e. The minimum atomic E-state index is -1.54. The fraction of sp³-hybridized carbons (Fsp3) is 0.462. The molecule has 0 aromatic heterocycles. The molecule has 0 radical (unpaired) electrons. The zero-order valence-corrected chi connectivity index (χ0v) is 17.1. The van der Waals surface area contributed by atoms with Crippen LogP contribution in [0.1, 0.15) is 62.8 Å². The van der Waals surface area contributed by atoms with Gasteiger partial charge in [0.1, 0.15) is 5.82 Å². The molecule has 4 heteroatoms. The summed E-state index contributed by atoms with van der Waals surface area (Å²) in [6, 6.07) is 6.55. The number of benzene rings is 2. The van der Waals surface area contributed by atoms with Crippen molar-refractivity contribution in [1.29, 1.82) is 0 Å². The molecule has 0 saturated heterocycles. The second-order valence-electron chi connectivity index (χ2n) is 9.02. The molecule has 2 saturated carbocycles. The van der Waals surface area contributed by atoms with Crippen molar-refractivity contribution in [1.82, 2.24) is 0 Å². The van der Waals surface area contributed by atoms with Crippen LogP contribution in [0.25, 0.3) is 11.1 Å². The van der Waals surface area contributed by atoms with Crippen LogP contribution in [0, 0.1) is 41.0 Å². The molecule has 0 spiro atoms. The Morgan fingerprint density at radius 2 is 1.27 bits per heavy atom. The number of rotatable bonds is 4. The standard InChI is InChI=1S/C26H28F4/c1-2-16-3-5-17(6-4-16)18-7-9-19(10-8-18)20-11-12-22(23(27)13-20)21-14-24(28)26(30)25(29)15-21/h2,11-19H,1,3-10H2. The number of hydrogen-bond donors (Lipinski definition) is 0. The molecule has 2 aromatic carbocycles. The number of allylic oxidation sites excluding steroid dienone is 1. The van der Waals surface area contributed by atoms with Gasteiger partial charge in [-0.2, -0.15) is 0 Å². The molecule has 2 aromatic rings. The average Bonchev–Trinajstić information content (AvgIpc) is 2.77. The first kappa shape index (κ1) is 21.1. The van der Waals surface area contributed by atoms with E-state index in [1.807, 2.05) is 6.07 Å². The molecule has 0 atom stereocenters. The Morgan fingerprint density at radius 1 is 0.700 bits per heavy atom. The van der Waals surface area contributed by atoms with E-state index in [-0.39, 0.29) is 11.1 Å². The Bertz CT molecular complexity index is 880. The van der Waals surface area contributed by atoms with E-state index in [1.54, 1.807) is 6.07 Å². The van der Waals surface area contributed by atoms with Crippen LogP contribution in [0.5, 0.6) is 0 Å². The first-order valence-corrected chi connectivity index (χ1v) is 11.0. The van der Waals surface area contributed by atoms with Crippen LogP contribution in [0.3, 0.4) is 0 Å². The average molecular weight is 417 g/mol. The third-order valence-corrected chi connectivity index (χ3v) is 7.35. The normalized spacial score (nSPS) is 27.1. The second-order valence-corrected chi connectivity index (χ2v) is 9.02. The Labute approximate surface area is 176 Å². The van der Waals surface area contributed by atoms with Crippen molar-refractivity contribution in [3.8, 4) is 11.1 Å². The third kappa shape index (κ3) is 4.33. The van der Waals surface area contributed by atoms with Gasteiger partial charge in [0.25, 0.3) is 0 Å². The topological polar surface area (TPSA) is 0 Å². The van der Waals surface area contributed by atoms with E-state index in [1.165, 1.54) is 44.6 Å². The molecule has 2 aliphatic rings. The molecule has 0 nitrogen and oxygen atoms in total. The highest BCUT2D eigenvalue weighted by Gasteiger charge is 2.31. The lowest BCUT2D eigenvalue weighted by atomic mass is 9.68. The van der Waals surface area contributed by atoms with Crippen molar-refractivity contribution < 1.29 is 17.6 Å². The summed E-state index contributed by atoms with van der Waals surface area (Å²) in [6.07, 6.45) is 11.6. The summed E-state index contributed by atoms with van der Waals surface area (Å²) in [5, 5.41) is 0. The highest BCUT2D eigenvalue weighted by molar-refractivity contribution is 5.65. The van der Waals surface area contributed by atoms with E-state index in [0.717, 1.165) is 42.4 Å². The minimum absolute atomic E-state index is 0.00860. The maximum absolute atomic E-state index is 14.7. The van der Waals surface area contributed by atoms with Crippen LogP contribution in [0.2, 0.25) is 0 Å². The second kappa shape index (κ2) is 8.95. The summed E-state index contributed by atoms with van der Waals surface area (Å²) in [7, 11) is 0. The van der Waals surface area contributed by atoms with Crippen LogP contribution in [0.15, 0.2) is 43.0 Å². The lowest BCUT2D eigenvalue weighted by molar-refractivity contribution is 0.171. The first-order chi connectivity index (χ1) is 14.5. The fourth-order valence-electron chi connectivity index (χ4n) is 5.51. The molecule has 0 amide bonds. The Hall–Kier alpha value is -2.10. The van der Waals surface area contributed by atoms with Crippen LogP contribution >= 0.6 is 0 Å². The van der Waals surface area contributed by atoms with Crippen LogP contribution in [0.4, 0.5) is 17.6 Å². The molecule has 0 aliphatic heterocycles. The molecule has 2 aliphatic carbocycles. The highest BCUT2D eigenvalue weighted by atomic mass is 19.2. The first-order valence-electron chi connectivity index (χ1n) is 11.0. The fourth-order valence-corrected chi connectivity index (χ4v) is 5.51. The lowest BCUT2D eigenvalue weighted by Crippen LogP contribution is -2.25. The zero-order valence-electron chi connectivity index (χ0n) is 17.1. The van der Waals surface area contributed by atoms with Crippen molar-refractivity contribution in [3.63, 3.8) is 0 Å². The molecular weight excluding hydrogens is 388 g/mol. The summed E-state index contributed by atoms with van der Waals surface area (Å²) in [4.78, 5) is 0. The van der Waals surface area contributed by atoms with Gasteiger partial charge in [0.05, 0.1) is 0 Å². The van der Waals surface area contributed by atoms with Crippen LogP contribution < -0.4 is 0 Å². The highest BCUT2D eigenvalue weighted by Crippen LogP contribution is 2.44. The third-order valence-electron chi connectivity index (χ3n) is 7.35. The summed E-state index contributed by atoms with van der Waals surface area (Å²) in [5.41, 5.74) is 1.03. The van der Waals surface area contributed by atoms with Gasteiger partial charge in [-0.15, -0.1) is 6.58 Å². The van der Waals surface area contributed by atoms with E-state index >= 15 is 0 Å². The van der Waals surface area contributed by atoms with Gasteiger partial charge in [-0.1, -0.05) is 18.2 Å². The van der Waals surface area contributed by atoms with Crippen molar-refractivity contribution >= 4 is 0 Å². The summed E-state index contributed by atoms with van der Waals surface area (Å²) in [6.45, 7) is 3.93. The van der Waals surface area contributed by atoms with Crippen molar-refractivity contribution in [2.45, 2.75) is 57.3 Å². The van der Waals surface area contributed by atoms with Gasteiger partial charge < -0.3 is 0 Å². The quantitative estimate of drug-likeness (QED) is 0.268. The summed E-state index contributed by atoms with van der Waals surface area (Å²) < 4.78 is 55.0. The van der Waals surface area contributed by atoms with Gasteiger partial charge in [0, 0.05) is 5.56 Å². The van der Waals surface area contributed by atoms with Gasteiger partial charge in [0.15, 0.2) is 17.5 Å². The number of hydrogen-bond acceptors (Lipinski definition) is 0. The molecule has 160 valence electrons. The molecule has 0 bridgehead atoms. The van der Waals surface area contributed by atoms with Crippen molar-refractivity contribution in [2.75, 3.05) is 0 Å². The Balaban J connectivity index is 1.41. The smallest absolute Gasteiger partial charge is 0.194 e. The van der Waals surface area contributed by atoms with Crippen molar-refractivity contribution in [3.05, 3.63) is 71.8 Å². The Morgan fingerprint density at radius 3 is 1.80 bits per heavy atom. The molecular formula is C26H28F4. The van der Waals surface area contributed by atoms with Gasteiger partial charge in [-0.05, 0) is 104 Å². The summed E-state index contributed by atoms with van der Waals surface area (Å²) in [5.74, 6) is -2.11. The lowest BCUT2D eigenvalue weighted by Gasteiger charge is -2.37. The predicted octanol–water partition coefficient (Wildman–Crippen LogP) is 8.18. The zero-order chi connectivity index (χ0) is 21.3. The maximum atomic E-state index is 14.7. The van der Waals surface area contributed by atoms with Gasteiger partial charge in [0.2, 0.25) is 0 Å². The van der Waals surface area contributed by atoms with Gasteiger partial charge in [-0.25, -0.2) is 17.6 Å². The number of halogens is 4. The molecule has 0 heterocycles. The summed E-state index contributed by atoms with van der Waals surface area (Å²) >= 11 is 0. The monoisotopic (exact) mass is 416 g/mol. The SMILES string of the molecule is C=CC1CCC(C2CCC(c3ccc(-c4cc(F)c(F)c(F)c4)c(F)c3)CC2)CC1. The largest absolute Gasteiger partial charge is 0.206 e. The van der Waals surface area contributed by atoms with E-state index in [0.29, 0.717) is 11.8 Å². The molecule has 4 rings (SSSR count). The van der Waals surface area contributed by atoms with Crippen molar-refractivity contribution in [2.24, 2.45) is 17.8 Å². The van der Waals surface area contributed by atoms with E-state index in [2.05, 4.69) is 12.7 Å². The molecule has 0 N–H and O–H groups in total. The molecule has 0 unspecified atom stereocenters. The van der Waals surface area contributed by atoms with E-state index in [9.17, 15) is 17.6 Å². The van der Waals surface area contributed by atoms with Gasteiger partial charge in [-0.3, -0.25) is 0 Å². The predicted molar refractivity (Wildman–Crippen MR) is 112 cm³/mol. The van der Waals surface area contributed by atoms with Gasteiger partial charge >= 0.3 is 0 Å². The van der Waals surface area contributed by atoms with Crippen LogP contribution in [-0.2, 0) is 0 Å². The molecule has 2 fully saturated rings. The Kier molecular flexibility index (Phi) is 6.31. The van der Waals surface area contributed by atoms with E-state index in [4.69, 9.17) is 0 Å².